The third-order valence-electron chi connectivity index (χ3n) is 5.28. The van der Waals surface area contributed by atoms with Crippen LogP contribution in [0.4, 0.5) is 17.5 Å². The van der Waals surface area contributed by atoms with E-state index in [4.69, 9.17) is 0 Å². The van der Waals surface area contributed by atoms with Crippen molar-refractivity contribution in [2.24, 2.45) is 0 Å². The number of amides is 1. The van der Waals surface area contributed by atoms with Gasteiger partial charge in [0.1, 0.15) is 29.5 Å². The normalized spacial score (nSPS) is 13.9. The van der Waals surface area contributed by atoms with Gasteiger partial charge in [-0.2, -0.15) is 0 Å². The first-order valence-electron chi connectivity index (χ1n) is 10.2. The number of para-hydroxylation sites is 1. The number of hydrogen-bond acceptors (Lipinski definition) is 7. The second-order valence-corrected chi connectivity index (χ2v) is 7.27. The minimum atomic E-state index is -0.0365. The summed E-state index contributed by atoms with van der Waals surface area (Å²) in [7, 11) is 0. The van der Waals surface area contributed by atoms with Gasteiger partial charge in [0.05, 0.1) is 5.52 Å². The van der Waals surface area contributed by atoms with Gasteiger partial charge in [0, 0.05) is 43.8 Å². The number of hydrogen-bond donors (Lipinski definition) is 1. The van der Waals surface area contributed by atoms with E-state index >= 15 is 0 Å². The lowest BCUT2D eigenvalue weighted by molar-refractivity contribution is 0.0741. The molecule has 0 saturated carbocycles. The van der Waals surface area contributed by atoms with Crippen LogP contribution in [0.3, 0.4) is 0 Å². The molecule has 1 aliphatic rings. The maximum absolute atomic E-state index is 12.9. The van der Waals surface area contributed by atoms with Crippen LogP contribution in [-0.2, 0) is 0 Å². The molecule has 4 aromatic rings. The standard InChI is InChI=1S/C23H21N7O/c31-23(19-9-8-17-5-1-2-6-18(17)27-19)30-13-11-29(12-14-30)22-15-21(25-16-26-22)28-20-7-3-4-10-24-20/h1-10,15-16H,11-14H2,(H,24,25,26,28). The summed E-state index contributed by atoms with van der Waals surface area (Å²) < 4.78 is 0. The second kappa shape index (κ2) is 8.35. The molecule has 1 amide bonds. The van der Waals surface area contributed by atoms with Crippen molar-refractivity contribution in [1.82, 2.24) is 24.8 Å². The summed E-state index contributed by atoms with van der Waals surface area (Å²) in [5.41, 5.74) is 1.32. The van der Waals surface area contributed by atoms with E-state index in [9.17, 15) is 4.79 Å². The maximum atomic E-state index is 12.9. The lowest BCUT2D eigenvalue weighted by atomic mass is 10.2. The topological polar surface area (TPSA) is 87.1 Å². The Kier molecular flexibility index (Phi) is 5.10. The van der Waals surface area contributed by atoms with E-state index in [1.165, 1.54) is 6.33 Å². The smallest absolute Gasteiger partial charge is 0.272 e. The molecule has 1 fully saturated rings. The number of nitrogens with one attached hydrogen (secondary N) is 1. The molecule has 0 unspecified atom stereocenters. The summed E-state index contributed by atoms with van der Waals surface area (Å²) in [6, 6.07) is 19.1. The van der Waals surface area contributed by atoms with Gasteiger partial charge in [-0.15, -0.1) is 0 Å². The Balaban J connectivity index is 1.24. The van der Waals surface area contributed by atoms with E-state index in [2.05, 4.69) is 30.2 Å². The fourth-order valence-electron chi connectivity index (χ4n) is 3.64. The van der Waals surface area contributed by atoms with Gasteiger partial charge < -0.3 is 15.1 Å². The van der Waals surface area contributed by atoms with Crippen LogP contribution in [0.15, 0.2) is 73.2 Å². The molecule has 0 aliphatic carbocycles. The molecule has 4 heterocycles. The number of anilines is 3. The first-order valence-corrected chi connectivity index (χ1v) is 10.2. The van der Waals surface area contributed by atoms with E-state index in [0.29, 0.717) is 37.7 Å². The summed E-state index contributed by atoms with van der Waals surface area (Å²) in [5, 5.41) is 4.22. The number of carbonyl (C=O) groups excluding carboxylic acids is 1. The fraction of sp³-hybridized carbons (Fsp3) is 0.174. The molecular formula is C23H21N7O. The van der Waals surface area contributed by atoms with Crippen LogP contribution >= 0.6 is 0 Å². The summed E-state index contributed by atoms with van der Waals surface area (Å²) in [5.74, 6) is 2.20. The van der Waals surface area contributed by atoms with Crippen LogP contribution in [0.5, 0.6) is 0 Å². The van der Waals surface area contributed by atoms with Crippen molar-refractivity contribution in [2.45, 2.75) is 0 Å². The van der Waals surface area contributed by atoms with Gasteiger partial charge in [-0.05, 0) is 24.3 Å². The van der Waals surface area contributed by atoms with Crippen molar-refractivity contribution in [3.63, 3.8) is 0 Å². The van der Waals surface area contributed by atoms with Crippen LogP contribution in [0, 0.1) is 0 Å². The largest absolute Gasteiger partial charge is 0.353 e. The van der Waals surface area contributed by atoms with Gasteiger partial charge in [0.15, 0.2) is 0 Å². The molecule has 154 valence electrons. The number of carbonyl (C=O) groups is 1. The quantitative estimate of drug-likeness (QED) is 0.552. The zero-order chi connectivity index (χ0) is 21.0. The minimum Gasteiger partial charge on any atom is -0.353 e. The Morgan fingerprint density at radius 3 is 2.52 bits per heavy atom. The van der Waals surface area contributed by atoms with Gasteiger partial charge in [-0.3, -0.25) is 4.79 Å². The molecule has 1 saturated heterocycles. The highest BCUT2D eigenvalue weighted by atomic mass is 16.2. The van der Waals surface area contributed by atoms with Crippen molar-refractivity contribution < 1.29 is 4.79 Å². The summed E-state index contributed by atoms with van der Waals surface area (Å²) in [6.45, 7) is 2.61. The Labute approximate surface area is 179 Å². The van der Waals surface area contributed by atoms with E-state index in [1.54, 1.807) is 12.3 Å². The Morgan fingerprint density at radius 1 is 0.839 bits per heavy atom. The zero-order valence-corrected chi connectivity index (χ0v) is 16.8. The van der Waals surface area contributed by atoms with Crippen LogP contribution in [0.1, 0.15) is 10.5 Å². The Bertz CT molecular complexity index is 1210. The second-order valence-electron chi connectivity index (χ2n) is 7.27. The maximum Gasteiger partial charge on any atom is 0.272 e. The highest BCUT2D eigenvalue weighted by molar-refractivity contribution is 5.95. The predicted molar refractivity (Wildman–Crippen MR) is 119 cm³/mol. The molecule has 8 heteroatoms. The molecule has 0 atom stereocenters. The first-order chi connectivity index (χ1) is 15.3. The Morgan fingerprint density at radius 2 is 1.68 bits per heavy atom. The molecule has 0 bridgehead atoms. The average Bonchev–Trinajstić information content (AvgIpc) is 2.84. The van der Waals surface area contributed by atoms with Gasteiger partial charge in [0.2, 0.25) is 0 Å². The zero-order valence-electron chi connectivity index (χ0n) is 16.8. The van der Waals surface area contributed by atoms with Crippen LogP contribution in [0.2, 0.25) is 0 Å². The summed E-state index contributed by atoms with van der Waals surface area (Å²) in [6.07, 6.45) is 3.27. The highest BCUT2D eigenvalue weighted by Crippen LogP contribution is 2.20. The van der Waals surface area contributed by atoms with Crippen molar-refractivity contribution in [2.75, 3.05) is 36.4 Å². The number of nitrogens with zero attached hydrogens (tertiary/aromatic N) is 6. The number of fused-ring (bicyclic) bond motifs is 1. The molecule has 31 heavy (non-hydrogen) atoms. The van der Waals surface area contributed by atoms with Gasteiger partial charge in [0.25, 0.3) is 5.91 Å². The van der Waals surface area contributed by atoms with Gasteiger partial charge in [-0.25, -0.2) is 19.9 Å². The lowest BCUT2D eigenvalue weighted by Crippen LogP contribution is -2.49. The van der Waals surface area contributed by atoms with Crippen LogP contribution < -0.4 is 10.2 Å². The third kappa shape index (κ3) is 4.13. The average molecular weight is 411 g/mol. The molecular weight excluding hydrogens is 390 g/mol. The molecule has 5 rings (SSSR count). The summed E-state index contributed by atoms with van der Waals surface area (Å²) >= 11 is 0. The number of aromatic nitrogens is 4. The van der Waals surface area contributed by atoms with E-state index in [0.717, 1.165) is 22.5 Å². The molecule has 0 radical (unpaired) electrons. The molecule has 3 aromatic heterocycles. The SMILES string of the molecule is O=C(c1ccc2ccccc2n1)N1CCN(c2cc(Nc3ccccn3)ncn2)CC1. The van der Waals surface area contributed by atoms with E-state index in [1.807, 2.05) is 59.5 Å². The van der Waals surface area contributed by atoms with E-state index in [-0.39, 0.29) is 5.91 Å². The first kappa shape index (κ1) is 18.9. The molecule has 1 aliphatic heterocycles. The number of rotatable bonds is 4. The Hall–Kier alpha value is -4.07. The van der Waals surface area contributed by atoms with Crippen LogP contribution in [0.25, 0.3) is 10.9 Å². The predicted octanol–water partition coefficient (Wildman–Crippen LogP) is 3.13. The van der Waals surface area contributed by atoms with Crippen molar-refractivity contribution in [3.8, 4) is 0 Å². The lowest BCUT2D eigenvalue weighted by Gasteiger charge is -2.35. The highest BCUT2D eigenvalue weighted by Gasteiger charge is 2.24. The van der Waals surface area contributed by atoms with Crippen molar-refractivity contribution in [1.29, 1.82) is 0 Å². The molecule has 1 aromatic carbocycles. The van der Waals surface area contributed by atoms with Crippen molar-refractivity contribution in [3.05, 3.63) is 78.9 Å². The molecule has 0 spiro atoms. The summed E-state index contributed by atoms with van der Waals surface area (Å²) in [4.78, 5) is 34.4. The van der Waals surface area contributed by atoms with Crippen LogP contribution in [-0.4, -0.2) is 56.9 Å². The van der Waals surface area contributed by atoms with Gasteiger partial charge >= 0.3 is 0 Å². The monoisotopic (exact) mass is 411 g/mol. The molecule has 1 N–H and O–H groups in total. The molecule has 8 nitrogen and oxygen atoms in total. The number of pyridine rings is 2. The fourth-order valence-corrected chi connectivity index (χ4v) is 3.64. The van der Waals surface area contributed by atoms with Gasteiger partial charge in [-0.1, -0.05) is 30.3 Å². The third-order valence-corrected chi connectivity index (χ3v) is 5.28. The van der Waals surface area contributed by atoms with Crippen molar-refractivity contribution >= 4 is 34.3 Å². The van der Waals surface area contributed by atoms with E-state index < -0.39 is 0 Å². The minimum absolute atomic E-state index is 0.0365. The number of piperazine rings is 1. The number of benzene rings is 1.